The number of nitrogens with zero attached hydrogens (tertiary/aromatic N) is 1. The molecule has 4 nitrogen and oxygen atoms in total. The number of carbonyl (C=O) groups excluding carboxylic acids is 1. The fourth-order valence-electron chi connectivity index (χ4n) is 2.59. The number of hydrogen-bond donors (Lipinski definition) is 2. The van der Waals surface area contributed by atoms with Crippen molar-refractivity contribution in [2.75, 3.05) is 31.1 Å². The third kappa shape index (κ3) is 3.19. The zero-order valence-electron chi connectivity index (χ0n) is 11.4. The van der Waals surface area contributed by atoms with Crippen LogP contribution < -0.4 is 15.5 Å². The molecule has 1 aromatic carbocycles. The van der Waals surface area contributed by atoms with Gasteiger partial charge in [-0.15, -0.1) is 0 Å². The summed E-state index contributed by atoms with van der Waals surface area (Å²) in [6.07, 6.45) is 0. The molecule has 1 saturated heterocycles. The monoisotopic (exact) mass is 282 g/mol. The Kier molecular flexibility index (Phi) is 4.32. The highest BCUT2D eigenvalue weighted by Crippen LogP contribution is 2.24. The second kappa shape index (κ2) is 5.80. The summed E-state index contributed by atoms with van der Waals surface area (Å²) < 4.78 is 0. The van der Waals surface area contributed by atoms with Gasteiger partial charge in [0.25, 0.3) is 5.91 Å². The van der Waals surface area contributed by atoms with Crippen molar-refractivity contribution in [2.45, 2.75) is 19.9 Å². The Morgan fingerprint density at radius 2 is 2.05 bits per heavy atom. The van der Waals surface area contributed by atoms with Crippen LogP contribution in [-0.4, -0.2) is 38.1 Å². The Hall–Kier alpha value is -1.26. The maximum absolute atomic E-state index is 11.2. The van der Waals surface area contributed by atoms with Gasteiger partial charge in [0.2, 0.25) is 0 Å². The maximum Gasteiger partial charge on any atom is 0.275 e. The highest BCUT2D eigenvalue weighted by molar-refractivity contribution is 6.30. The lowest BCUT2D eigenvalue weighted by atomic mass is 10.1. The molecule has 19 heavy (non-hydrogen) atoms. The first-order valence-electron chi connectivity index (χ1n) is 6.64. The number of rotatable bonds is 3. The number of carbonyl (C=O) groups is 1. The highest BCUT2D eigenvalue weighted by Gasteiger charge is 2.28. The second-order valence-corrected chi connectivity index (χ2v) is 5.64. The van der Waals surface area contributed by atoms with Gasteiger partial charge >= 0.3 is 0 Å². The molecule has 1 aromatic rings. The molecule has 1 aliphatic heterocycles. The topological polar surface area (TPSA) is 50.8 Å². The van der Waals surface area contributed by atoms with Crippen molar-refractivity contribution in [3.8, 4) is 0 Å². The maximum atomic E-state index is 11.2. The molecule has 5 heteroatoms. The normalized spacial score (nSPS) is 18.4. The molecule has 2 rings (SSSR count). The van der Waals surface area contributed by atoms with E-state index in [9.17, 15) is 4.79 Å². The number of aryl methyl sites for hydroxylation is 1. The molecular weight excluding hydrogens is 262 g/mol. The first kappa shape index (κ1) is 14.2. The van der Waals surface area contributed by atoms with Crippen LogP contribution in [0, 0.1) is 6.92 Å². The van der Waals surface area contributed by atoms with Crippen LogP contribution in [0.4, 0.5) is 5.69 Å². The van der Waals surface area contributed by atoms with Crippen LogP contribution in [0.25, 0.3) is 0 Å². The van der Waals surface area contributed by atoms with Crippen LogP contribution >= 0.6 is 11.6 Å². The lowest BCUT2D eigenvalue weighted by Gasteiger charge is -2.36. The van der Waals surface area contributed by atoms with E-state index in [1.165, 1.54) is 16.2 Å². The van der Waals surface area contributed by atoms with E-state index in [-0.39, 0.29) is 11.9 Å². The molecule has 0 unspecified atom stereocenters. The van der Waals surface area contributed by atoms with Crippen molar-refractivity contribution in [1.82, 2.24) is 0 Å². The molecule has 3 N–H and O–H groups in total. The molecule has 1 aliphatic rings. The van der Waals surface area contributed by atoms with E-state index in [1.54, 1.807) is 0 Å². The van der Waals surface area contributed by atoms with Crippen LogP contribution in [0.5, 0.6) is 0 Å². The third-order valence-electron chi connectivity index (χ3n) is 3.96. The van der Waals surface area contributed by atoms with Crippen molar-refractivity contribution in [3.05, 3.63) is 28.8 Å². The summed E-state index contributed by atoms with van der Waals surface area (Å²) in [5.41, 5.74) is 7.79. The minimum absolute atomic E-state index is 0.109. The van der Waals surface area contributed by atoms with Crippen LogP contribution in [-0.2, 0) is 4.79 Å². The molecule has 0 saturated carbocycles. The Morgan fingerprint density at radius 1 is 1.42 bits per heavy atom. The molecule has 0 spiro atoms. The summed E-state index contributed by atoms with van der Waals surface area (Å²) in [6.45, 7) is 7.70. The van der Waals surface area contributed by atoms with Crippen LogP contribution in [0.1, 0.15) is 12.5 Å². The van der Waals surface area contributed by atoms with E-state index >= 15 is 0 Å². The summed E-state index contributed by atoms with van der Waals surface area (Å²) in [5, 5.41) is 0.765. The lowest BCUT2D eigenvalue weighted by Crippen LogP contribution is -3.19. The second-order valence-electron chi connectivity index (χ2n) is 5.20. The van der Waals surface area contributed by atoms with Gasteiger partial charge in [-0.3, -0.25) is 4.79 Å². The van der Waals surface area contributed by atoms with Gasteiger partial charge in [0, 0.05) is 10.7 Å². The Labute approximate surface area is 119 Å². The molecule has 1 heterocycles. The van der Waals surface area contributed by atoms with E-state index in [2.05, 4.69) is 11.8 Å². The molecule has 0 bridgehead atoms. The van der Waals surface area contributed by atoms with E-state index in [4.69, 9.17) is 17.3 Å². The molecule has 0 aliphatic carbocycles. The number of halogens is 1. The van der Waals surface area contributed by atoms with E-state index < -0.39 is 0 Å². The van der Waals surface area contributed by atoms with Crippen LogP contribution in [0.3, 0.4) is 0 Å². The number of amides is 1. The summed E-state index contributed by atoms with van der Waals surface area (Å²) in [7, 11) is 0. The number of nitrogens with two attached hydrogens (primary N) is 1. The number of quaternary nitrogens is 1. The third-order valence-corrected chi connectivity index (χ3v) is 4.19. The van der Waals surface area contributed by atoms with Crippen molar-refractivity contribution in [2.24, 2.45) is 5.73 Å². The summed E-state index contributed by atoms with van der Waals surface area (Å²) in [5.74, 6) is -0.220. The largest absolute Gasteiger partial charge is 0.365 e. The zero-order valence-corrected chi connectivity index (χ0v) is 12.2. The zero-order chi connectivity index (χ0) is 14.0. The van der Waals surface area contributed by atoms with Crippen molar-refractivity contribution < 1.29 is 9.69 Å². The number of benzene rings is 1. The quantitative estimate of drug-likeness (QED) is 0.834. The van der Waals surface area contributed by atoms with Gasteiger partial charge in [0.05, 0.1) is 26.2 Å². The average molecular weight is 283 g/mol. The minimum Gasteiger partial charge on any atom is -0.365 e. The van der Waals surface area contributed by atoms with Gasteiger partial charge < -0.3 is 15.5 Å². The first-order chi connectivity index (χ1) is 8.99. The molecule has 0 aromatic heterocycles. The number of piperazine rings is 1. The Bertz CT molecular complexity index is 470. The number of hydrogen-bond acceptors (Lipinski definition) is 2. The van der Waals surface area contributed by atoms with Gasteiger partial charge in [0.15, 0.2) is 6.04 Å². The smallest absolute Gasteiger partial charge is 0.275 e. The molecule has 0 radical (unpaired) electrons. The highest BCUT2D eigenvalue weighted by atomic mass is 35.5. The standard InChI is InChI=1S/C14H20ClN3O/c1-10-3-4-12(15)9-13(10)18-7-5-17(6-8-18)11(2)14(16)19/h3-4,9,11H,5-8H2,1-2H3,(H2,16,19)/p+1/t11-/m1/s1. The Balaban J connectivity index is 2.04. The number of nitrogens with one attached hydrogen (secondary N) is 1. The van der Waals surface area contributed by atoms with E-state index in [1.807, 2.05) is 25.1 Å². The first-order valence-corrected chi connectivity index (χ1v) is 7.02. The van der Waals surface area contributed by atoms with E-state index in [0.29, 0.717) is 0 Å². The van der Waals surface area contributed by atoms with E-state index in [0.717, 1.165) is 31.2 Å². The van der Waals surface area contributed by atoms with Gasteiger partial charge in [-0.1, -0.05) is 17.7 Å². The summed E-state index contributed by atoms with van der Waals surface area (Å²) in [6, 6.07) is 5.86. The van der Waals surface area contributed by atoms with Gasteiger partial charge in [0.1, 0.15) is 0 Å². The minimum atomic E-state index is -0.220. The number of anilines is 1. The molecule has 1 fully saturated rings. The lowest BCUT2D eigenvalue weighted by molar-refractivity contribution is -0.914. The predicted octanol–water partition coefficient (Wildman–Crippen LogP) is 0.227. The van der Waals surface area contributed by atoms with Gasteiger partial charge in [-0.05, 0) is 31.5 Å². The fraction of sp³-hybridized carbons (Fsp3) is 0.500. The molecule has 1 amide bonds. The predicted molar refractivity (Wildman–Crippen MR) is 77.8 cm³/mol. The van der Waals surface area contributed by atoms with Crippen LogP contribution in [0.15, 0.2) is 18.2 Å². The summed E-state index contributed by atoms with van der Waals surface area (Å²) >= 11 is 6.06. The van der Waals surface area contributed by atoms with Gasteiger partial charge in [-0.2, -0.15) is 0 Å². The average Bonchev–Trinajstić information content (AvgIpc) is 2.41. The Morgan fingerprint density at radius 3 is 2.63 bits per heavy atom. The number of primary amides is 1. The SMILES string of the molecule is Cc1ccc(Cl)cc1N1CC[NH+]([C@H](C)C(N)=O)CC1. The van der Waals surface area contributed by atoms with Crippen LogP contribution in [0.2, 0.25) is 5.02 Å². The fourth-order valence-corrected chi connectivity index (χ4v) is 2.76. The molecule has 104 valence electrons. The molecule has 1 atom stereocenters. The van der Waals surface area contributed by atoms with Crippen molar-refractivity contribution in [1.29, 1.82) is 0 Å². The van der Waals surface area contributed by atoms with Gasteiger partial charge in [-0.25, -0.2) is 0 Å². The van der Waals surface area contributed by atoms with Crippen molar-refractivity contribution >= 4 is 23.2 Å². The molecular formula is C14H21ClN3O+. The van der Waals surface area contributed by atoms with Crippen molar-refractivity contribution in [3.63, 3.8) is 0 Å². The summed E-state index contributed by atoms with van der Waals surface area (Å²) in [4.78, 5) is 14.8.